The maximum absolute atomic E-state index is 12.4. The van der Waals surface area contributed by atoms with Gasteiger partial charge in [-0.15, -0.1) is 11.8 Å². The van der Waals surface area contributed by atoms with Gasteiger partial charge in [-0.05, 0) is 37.5 Å². The molecule has 0 spiro atoms. The molecule has 1 aliphatic rings. The highest BCUT2D eigenvalue weighted by atomic mass is 35.5. The van der Waals surface area contributed by atoms with Crippen LogP contribution in [-0.4, -0.2) is 42.3 Å². The van der Waals surface area contributed by atoms with Crippen molar-refractivity contribution in [3.63, 3.8) is 0 Å². The lowest BCUT2D eigenvalue weighted by atomic mass is 9.96. The standard InChI is InChI=1S/C22H26Cl2N2O2S/c1-14-9-15(2)11-16(10-14)12-19(17-5-4-6-18(23)21(17)24)25-22-26(7-8-29-22)20(27)13-28-3/h4-6,9-11,19,22,25H,7-8,12-13H2,1-3H3. The average Bonchev–Trinajstić information content (AvgIpc) is 3.11. The van der Waals surface area contributed by atoms with Gasteiger partial charge in [0.2, 0.25) is 5.91 Å². The van der Waals surface area contributed by atoms with Crippen molar-refractivity contribution in [3.8, 4) is 0 Å². The van der Waals surface area contributed by atoms with E-state index in [-0.39, 0.29) is 24.1 Å². The van der Waals surface area contributed by atoms with Gasteiger partial charge in [-0.1, -0.05) is 64.7 Å². The minimum Gasteiger partial charge on any atom is -0.375 e. The number of aryl methyl sites for hydroxylation is 2. The van der Waals surface area contributed by atoms with E-state index in [0.717, 1.165) is 17.7 Å². The topological polar surface area (TPSA) is 41.6 Å². The number of hydrogen-bond donors (Lipinski definition) is 1. The minimum atomic E-state index is -0.136. The Hall–Kier alpha value is -1.24. The quantitative estimate of drug-likeness (QED) is 0.642. The van der Waals surface area contributed by atoms with Gasteiger partial charge in [-0.25, -0.2) is 0 Å². The number of thioether (sulfide) groups is 1. The van der Waals surface area contributed by atoms with Gasteiger partial charge in [0, 0.05) is 25.4 Å². The predicted molar refractivity (Wildman–Crippen MR) is 122 cm³/mol. The molecule has 0 bridgehead atoms. The van der Waals surface area contributed by atoms with E-state index < -0.39 is 0 Å². The Kier molecular flexibility index (Phi) is 7.88. The smallest absolute Gasteiger partial charge is 0.250 e. The summed E-state index contributed by atoms with van der Waals surface area (Å²) in [7, 11) is 1.54. The van der Waals surface area contributed by atoms with E-state index in [1.165, 1.54) is 23.8 Å². The number of carbonyl (C=O) groups excluding carboxylic acids is 1. The van der Waals surface area contributed by atoms with E-state index in [1.807, 2.05) is 17.0 Å². The lowest BCUT2D eigenvalue weighted by molar-refractivity contribution is -0.135. The number of ether oxygens (including phenoxy) is 1. The Morgan fingerprint density at radius 2 is 2.00 bits per heavy atom. The third kappa shape index (κ3) is 5.68. The lowest BCUT2D eigenvalue weighted by Crippen LogP contribution is -2.46. The molecule has 1 N–H and O–H groups in total. The summed E-state index contributed by atoms with van der Waals surface area (Å²) < 4.78 is 5.04. The van der Waals surface area contributed by atoms with Crippen LogP contribution in [0.15, 0.2) is 36.4 Å². The number of nitrogens with zero attached hydrogens (tertiary/aromatic N) is 1. The molecule has 156 valence electrons. The zero-order valence-corrected chi connectivity index (χ0v) is 19.2. The first kappa shape index (κ1) is 22.4. The van der Waals surface area contributed by atoms with Gasteiger partial charge in [0.25, 0.3) is 0 Å². The second-order valence-corrected chi connectivity index (χ2v) is 9.28. The van der Waals surface area contributed by atoms with Gasteiger partial charge < -0.3 is 9.64 Å². The Morgan fingerprint density at radius 1 is 1.28 bits per heavy atom. The van der Waals surface area contributed by atoms with Crippen molar-refractivity contribution in [1.29, 1.82) is 0 Å². The van der Waals surface area contributed by atoms with Crippen LogP contribution < -0.4 is 5.32 Å². The second-order valence-electron chi connectivity index (χ2n) is 7.31. The lowest BCUT2D eigenvalue weighted by Gasteiger charge is -2.30. The minimum absolute atomic E-state index is 0.0164. The number of benzene rings is 2. The molecule has 1 heterocycles. The van der Waals surface area contributed by atoms with Crippen LogP contribution in [0.5, 0.6) is 0 Å². The Labute approximate surface area is 186 Å². The van der Waals surface area contributed by atoms with E-state index >= 15 is 0 Å². The molecular formula is C22H26Cl2N2O2S. The second kappa shape index (κ2) is 10.2. The van der Waals surface area contributed by atoms with Crippen molar-refractivity contribution < 1.29 is 9.53 Å². The molecule has 2 unspecified atom stereocenters. The third-order valence-electron chi connectivity index (χ3n) is 4.90. The first-order chi connectivity index (χ1) is 13.9. The van der Waals surface area contributed by atoms with Gasteiger partial charge in [-0.3, -0.25) is 10.1 Å². The van der Waals surface area contributed by atoms with Crippen LogP contribution in [0.2, 0.25) is 10.0 Å². The molecule has 0 aliphatic carbocycles. The Bertz CT molecular complexity index is 858. The molecule has 29 heavy (non-hydrogen) atoms. The fourth-order valence-corrected chi connectivity index (χ4v) is 5.34. The molecule has 2 atom stereocenters. The number of carbonyl (C=O) groups is 1. The largest absolute Gasteiger partial charge is 0.375 e. The first-order valence-corrected chi connectivity index (χ1v) is 11.4. The third-order valence-corrected chi connectivity index (χ3v) is 6.86. The van der Waals surface area contributed by atoms with Crippen LogP contribution in [0.3, 0.4) is 0 Å². The van der Waals surface area contributed by atoms with E-state index in [4.69, 9.17) is 27.9 Å². The number of methoxy groups -OCH3 is 1. The number of amides is 1. The predicted octanol–water partition coefficient (Wildman–Crippen LogP) is 4.99. The van der Waals surface area contributed by atoms with Gasteiger partial charge in [0.1, 0.15) is 12.1 Å². The molecule has 1 fully saturated rings. The zero-order chi connectivity index (χ0) is 21.0. The highest BCUT2D eigenvalue weighted by Gasteiger charge is 2.32. The fourth-order valence-electron chi connectivity index (χ4n) is 3.71. The maximum Gasteiger partial charge on any atom is 0.250 e. The van der Waals surface area contributed by atoms with Gasteiger partial charge in [0.15, 0.2) is 0 Å². The highest BCUT2D eigenvalue weighted by molar-refractivity contribution is 8.00. The van der Waals surface area contributed by atoms with E-state index in [1.54, 1.807) is 17.8 Å². The number of halogens is 2. The fraction of sp³-hybridized carbons (Fsp3) is 0.409. The van der Waals surface area contributed by atoms with Crippen molar-refractivity contribution in [2.75, 3.05) is 26.0 Å². The zero-order valence-electron chi connectivity index (χ0n) is 16.9. The molecule has 0 aromatic heterocycles. The molecule has 2 aromatic rings. The summed E-state index contributed by atoms with van der Waals surface area (Å²) in [5, 5.41) is 4.73. The average molecular weight is 453 g/mol. The van der Waals surface area contributed by atoms with Crippen LogP contribution in [0.4, 0.5) is 0 Å². The molecule has 2 aromatic carbocycles. The summed E-state index contributed by atoms with van der Waals surface area (Å²) in [6, 6.07) is 12.2. The van der Waals surface area contributed by atoms with Gasteiger partial charge in [-0.2, -0.15) is 0 Å². The number of nitrogens with one attached hydrogen (secondary N) is 1. The number of hydrogen-bond acceptors (Lipinski definition) is 4. The summed E-state index contributed by atoms with van der Waals surface area (Å²) >= 11 is 14.6. The first-order valence-electron chi connectivity index (χ1n) is 9.56. The van der Waals surface area contributed by atoms with Gasteiger partial charge in [0.05, 0.1) is 10.0 Å². The van der Waals surface area contributed by atoms with Crippen molar-refractivity contribution in [2.45, 2.75) is 31.8 Å². The summed E-state index contributed by atoms with van der Waals surface area (Å²) in [5.41, 5.74) is 4.47. The summed E-state index contributed by atoms with van der Waals surface area (Å²) in [4.78, 5) is 14.3. The van der Waals surface area contributed by atoms with Crippen molar-refractivity contribution in [1.82, 2.24) is 10.2 Å². The van der Waals surface area contributed by atoms with Gasteiger partial charge >= 0.3 is 0 Å². The van der Waals surface area contributed by atoms with Crippen molar-refractivity contribution in [3.05, 3.63) is 68.7 Å². The van der Waals surface area contributed by atoms with Crippen LogP contribution in [0.1, 0.15) is 28.3 Å². The monoisotopic (exact) mass is 452 g/mol. The SMILES string of the molecule is COCC(=O)N1CCSC1NC(Cc1cc(C)cc(C)c1)c1cccc(Cl)c1Cl. The van der Waals surface area contributed by atoms with E-state index in [2.05, 4.69) is 37.4 Å². The summed E-state index contributed by atoms with van der Waals surface area (Å²) in [6.45, 7) is 4.98. The Balaban J connectivity index is 1.90. The normalized spacial score (nSPS) is 17.6. The molecule has 0 saturated carbocycles. The Morgan fingerprint density at radius 3 is 2.69 bits per heavy atom. The van der Waals surface area contributed by atoms with Crippen molar-refractivity contribution >= 4 is 40.9 Å². The van der Waals surface area contributed by atoms with E-state index in [9.17, 15) is 4.79 Å². The van der Waals surface area contributed by atoms with Crippen LogP contribution in [0.25, 0.3) is 0 Å². The highest BCUT2D eigenvalue weighted by Crippen LogP contribution is 2.34. The molecule has 7 heteroatoms. The molecule has 3 rings (SSSR count). The summed E-state index contributed by atoms with van der Waals surface area (Å²) in [5.74, 6) is 0.865. The molecule has 0 radical (unpaired) electrons. The molecule has 1 aliphatic heterocycles. The molecule has 1 amide bonds. The maximum atomic E-state index is 12.4. The van der Waals surface area contributed by atoms with Crippen LogP contribution >= 0.6 is 35.0 Å². The van der Waals surface area contributed by atoms with Crippen molar-refractivity contribution in [2.24, 2.45) is 0 Å². The van der Waals surface area contributed by atoms with Crippen LogP contribution in [0, 0.1) is 13.8 Å². The summed E-state index contributed by atoms with van der Waals surface area (Å²) in [6.07, 6.45) is 0.742. The van der Waals surface area contributed by atoms with Crippen LogP contribution in [-0.2, 0) is 16.0 Å². The van der Waals surface area contributed by atoms with E-state index in [0.29, 0.717) is 16.6 Å². The molecular weight excluding hydrogens is 427 g/mol. The molecule has 1 saturated heterocycles. The number of rotatable bonds is 7. The molecule has 4 nitrogen and oxygen atoms in total.